The Labute approximate surface area is 131 Å². The third-order valence-electron chi connectivity index (χ3n) is 3.02. The summed E-state index contributed by atoms with van der Waals surface area (Å²) in [5.41, 5.74) is -0.0528. The van der Waals surface area contributed by atoms with Crippen LogP contribution in [-0.2, 0) is 4.79 Å². The molecule has 0 aliphatic rings. The number of rotatable bonds is 7. The molecule has 1 aromatic carbocycles. The van der Waals surface area contributed by atoms with Gasteiger partial charge in [-0.2, -0.15) is 0 Å². The van der Waals surface area contributed by atoms with E-state index in [-0.39, 0.29) is 28.9 Å². The summed E-state index contributed by atoms with van der Waals surface area (Å²) >= 11 is 3.03. The summed E-state index contributed by atoms with van der Waals surface area (Å²) in [4.78, 5) is 22.8. The van der Waals surface area contributed by atoms with E-state index in [0.29, 0.717) is 12.3 Å². The Hall–Kier alpha value is -1.43. The Morgan fingerprint density at radius 1 is 1.38 bits per heavy atom. The molecule has 6 heteroatoms. The van der Waals surface area contributed by atoms with Crippen LogP contribution in [0.25, 0.3) is 0 Å². The third kappa shape index (κ3) is 5.83. The molecule has 1 atom stereocenters. The largest absolute Gasteiger partial charge is 0.481 e. The zero-order valence-corrected chi connectivity index (χ0v) is 13.6. The van der Waals surface area contributed by atoms with E-state index in [1.807, 2.05) is 13.8 Å². The number of carbonyl (C=O) groups excluding carboxylic acids is 1. The highest BCUT2D eigenvalue weighted by Crippen LogP contribution is 2.19. The smallest absolute Gasteiger partial charge is 0.303 e. The summed E-state index contributed by atoms with van der Waals surface area (Å²) < 4.78 is 14.0. The molecule has 0 saturated carbocycles. The molecule has 0 bridgehead atoms. The zero-order valence-electron chi connectivity index (χ0n) is 12.0. The van der Waals surface area contributed by atoms with Crippen molar-refractivity contribution in [2.75, 3.05) is 6.54 Å². The van der Waals surface area contributed by atoms with Gasteiger partial charge in [0.1, 0.15) is 5.82 Å². The second-order valence-electron chi connectivity index (χ2n) is 5.40. The molecule has 116 valence electrons. The van der Waals surface area contributed by atoms with Crippen LogP contribution in [0.1, 0.15) is 37.0 Å². The average molecular weight is 360 g/mol. The molecule has 0 aliphatic carbocycles. The van der Waals surface area contributed by atoms with Crippen LogP contribution in [0.15, 0.2) is 22.7 Å². The number of nitrogens with one attached hydrogen (secondary N) is 1. The van der Waals surface area contributed by atoms with Gasteiger partial charge in [0.15, 0.2) is 0 Å². The number of amides is 1. The highest BCUT2D eigenvalue weighted by Gasteiger charge is 2.18. The van der Waals surface area contributed by atoms with Crippen molar-refractivity contribution in [1.29, 1.82) is 0 Å². The summed E-state index contributed by atoms with van der Waals surface area (Å²) in [6.45, 7) is 4.20. The van der Waals surface area contributed by atoms with Crippen molar-refractivity contribution in [3.05, 3.63) is 34.1 Å². The minimum atomic E-state index is -0.900. The number of carbonyl (C=O) groups is 2. The maximum atomic E-state index is 13.8. The normalized spacial score (nSPS) is 12.2. The summed E-state index contributed by atoms with van der Waals surface area (Å²) in [7, 11) is 0. The van der Waals surface area contributed by atoms with Gasteiger partial charge in [0.05, 0.1) is 10.0 Å². The molecular formula is C15H19BrFNO3. The first-order chi connectivity index (χ1) is 9.81. The van der Waals surface area contributed by atoms with Crippen LogP contribution in [0.5, 0.6) is 0 Å². The molecule has 1 aromatic rings. The number of hydrogen-bond donors (Lipinski definition) is 2. The van der Waals surface area contributed by atoms with E-state index in [1.54, 1.807) is 6.07 Å². The molecular weight excluding hydrogens is 341 g/mol. The molecule has 0 saturated heterocycles. The van der Waals surface area contributed by atoms with Crippen LogP contribution in [0, 0.1) is 17.7 Å². The Morgan fingerprint density at radius 3 is 2.62 bits per heavy atom. The van der Waals surface area contributed by atoms with Crippen molar-refractivity contribution >= 4 is 27.8 Å². The van der Waals surface area contributed by atoms with E-state index in [1.165, 1.54) is 12.1 Å². The highest BCUT2D eigenvalue weighted by molar-refractivity contribution is 9.10. The predicted molar refractivity (Wildman–Crippen MR) is 81.6 cm³/mol. The highest BCUT2D eigenvalue weighted by atomic mass is 79.9. The van der Waals surface area contributed by atoms with Crippen molar-refractivity contribution in [3.8, 4) is 0 Å². The lowest BCUT2D eigenvalue weighted by Crippen LogP contribution is -2.31. The van der Waals surface area contributed by atoms with E-state index in [0.717, 1.165) is 0 Å². The van der Waals surface area contributed by atoms with E-state index in [2.05, 4.69) is 21.2 Å². The average Bonchev–Trinajstić information content (AvgIpc) is 2.37. The lowest BCUT2D eigenvalue weighted by atomic mass is 9.94. The first kappa shape index (κ1) is 17.6. The minimum absolute atomic E-state index is 0.0145. The third-order valence-corrected chi connectivity index (χ3v) is 3.63. The van der Waals surface area contributed by atoms with Gasteiger partial charge in [0.2, 0.25) is 0 Å². The summed E-state index contributed by atoms with van der Waals surface area (Å²) in [5.74, 6) is -1.89. The number of halogens is 2. The Balaban J connectivity index is 2.68. The van der Waals surface area contributed by atoms with Crippen molar-refractivity contribution < 1.29 is 19.1 Å². The number of benzene rings is 1. The van der Waals surface area contributed by atoms with Gasteiger partial charge in [0.25, 0.3) is 5.91 Å². The maximum absolute atomic E-state index is 13.8. The van der Waals surface area contributed by atoms with Crippen LogP contribution in [0.3, 0.4) is 0 Å². The van der Waals surface area contributed by atoms with Gasteiger partial charge in [-0.05, 0) is 46.3 Å². The van der Waals surface area contributed by atoms with Crippen molar-refractivity contribution in [3.63, 3.8) is 0 Å². The molecule has 1 rings (SSSR count). The molecule has 0 aromatic heterocycles. The minimum Gasteiger partial charge on any atom is -0.481 e. The molecule has 0 radical (unpaired) electrons. The second kappa shape index (κ2) is 8.12. The number of aliphatic carboxylic acids is 1. The molecule has 0 spiro atoms. The lowest BCUT2D eigenvalue weighted by Gasteiger charge is -2.18. The van der Waals surface area contributed by atoms with Crippen molar-refractivity contribution in [1.82, 2.24) is 5.32 Å². The Morgan fingerprint density at radius 2 is 2.05 bits per heavy atom. The zero-order chi connectivity index (χ0) is 16.0. The summed E-state index contributed by atoms with van der Waals surface area (Å²) in [6, 6.07) is 4.48. The molecule has 2 N–H and O–H groups in total. The molecule has 4 nitrogen and oxygen atoms in total. The Bertz CT molecular complexity index is 520. The summed E-state index contributed by atoms with van der Waals surface area (Å²) in [5, 5.41) is 11.5. The topological polar surface area (TPSA) is 66.4 Å². The van der Waals surface area contributed by atoms with E-state index in [9.17, 15) is 14.0 Å². The van der Waals surface area contributed by atoms with E-state index >= 15 is 0 Å². The van der Waals surface area contributed by atoms with Gasteiger partial charge in [-0.25, -0.2) is 4.39 Å². The van der Waals surface area contributed by atoms with Gasteiger partial charge in [-0.3, -0.25) is 9.59 Å². The fourth-order valence-electron chi connectivity index (χ4n) is 2.16. The number of carboxylic acids is 1. The van der Waals surface area contributed by atoms with Gasteiger partial charge in [-0.15, -0.1) is 0 Å². The number of carboxylic acid groups (broad SMARTS) is 1. The molecule has 21 heavy (non-hydrogen) atoms. The van der Waals surface area contributed by atoms with Gasteiger partial charge in [-0.1, -0.05) is 19.9 Å². The van der Waals surface area contributed by atoms with Crippen LogP contribution in [-0.4, -0.2) is 23.5 Å². The van der Waals surface area contributed by atoms with E-state index in [4.69, 9.17) is 5.11 Å². The Kier molecular flexibility index (Phi) is 6.81. The quantitative estimate of drug-likeness (QED) is 0.783. The number of hydrogen-bond acceptors (Lipinski definition) is 2. The van der Waals surface area contributed by atoms with Gasteiger partial charge in [0, 0.05) is 13.0 Å². The summed E-state index contributed by atoms with van der Waals surface area (Å²) in [6.07, 6.45) is 0.674. The fraction of sp³-hybridized carbons (Fsp3) is 0.467. The monoisotopic (exact) mass is 359 g/mol. The van der Waals surface area contributed by atoms with E-state index < -0.39 is 17.7 Å². The first-order valence-corrected chi connectivity index (χ1v) is 7.54. The molecule has 0 aliphatic heterocycles. The fourth-order valence-corrected chi connectivity index (χ4v) is 2.53. The second-order valence-corrected chi connectivity index (χ2v) is 6.26. The van der Waals surface area contributed by atoms with Crippen LogP contribution in [0.2, 0.25) is 0 Å². The van der Waals surface area contributed by atoms with Gasteiger partial charge < -0.3 is 10.4 Å². The molecule has 1 amide bonds. The van der Waals surface area contributed by atoms with Crippen LogP contribution < -0.4 is 5.32 Å². The molecule has 0 fully saturated rings. The van der Waals surface area contributed by atoms with Gasteiger partial charge >= 0.3 is 5.97 Å². The van der Waals surface area contributed by atoms with Crippen molar-refractivity contribution in [2.45, 2.75) is 26.7 Å². The lowest BCUT2D eigenvalue weighted by molar-refractivity contribution is -0.138. The van der Waals surface area contributed by atoms with Crippen molar-refractivity contribution in [2.24, 2.45) is 11.8 Å². The molecule has 1 unspecified atom stereocenters. The predicted octanol–water partition coefficient (Wildman–Crippen LogP) is 3.46. The van der Waals surface area contributed by atoms with Crippen LogP contribution >= 0.6 is 15.9 Å². The SMILES string of the molecule is CC(C)CC(CNC(=O)c1cccc(Br)c1F)CC(=O)O. The standard InChI is InChI=1S/C15H19BrFNO3/c1-9(2)6-10(7-13(19)20)8-18-15(21)11-4-3-5-12(16)14(11)17/h3-5,9-10H,6-8H2,1-2H3,(H,18,21)(H,19,20). The maximum Gasteiger partial charge on any atom is 0.303 e. The first-order valence-electron chi connectivity index (χ1n) is 6.75. The molecule has 0 heterocycles. The van der Waals surface area contributed by atoms with Crippen LogP contribution in [0.4, 0.5) is 4.39 Å².